The van der Waals surface area contributed by atoms with Gasteiger partial charge in [-0.1, -0.05) is 17.7 Å². The van der Waals surface area contributed by atoms with E-state index in [0.717, 1.165) is 0 Å². The molecule has 1 aliphatic heterocycles. The van der Waals surface area contributed by atoms with Crippen LogP contribution in [0.2, 0.25) is 5.02 Å². The molecular formula is C23H20ClF3N8O4. The maximum absolute atomic E-state index is 12.5. The summed E-state index contributed by atoms with van der Waals surface area (Å²) in [6.45, 7) is -1.35. The summed E-state index contributed by atoms with van der Waals surface area (Å²) < 4.78 is 44.4. The number of ether oxygens (including phenoxy) is 1. The van der Waals surface area contributed by atoms with Gasteiger partial charge in [-0.2, -0.15) is 13.2 Å². The SMILES string of the molecule is O=C(NCC(F)(F)F)[C@H]1O[C@@H](n2cnc3c(NCc4ccccn4)nc(-c4cncc(Cl)c4)nc32)[C@H](O)[C@@H]1O. The number of rotatable bonds is 7. The molecule has 4 N–H and O–H groups in total. The van der Waals surface area contributed by atoms with Gasteiger partial charge < -0.3 is 25.6 Å². The fourth-order valence-electron chi connectivity index (χ4n) is 3.96. The van der Waals surface area contributed by atoms with Gasteiger partial charge in [-0.15, -0.1) is 0 Å². The van der Waals surface area contributed by atoms with Crippen LogP contribution >= 0.6 is 11.6 Å². The molecule has 0 unspecified atom stereocenters. The number of halogens is 4. The summed E-state index contributed by atoms with van der Waals surface area (Å²) in [6.07, 6.45) is -5.55. The zero-order chi connectivity index (χ0) is 27.7. The number of amides is 1. The summed E-state index contributed by atoms with van der Waals surface area (Å²) in [7, 11) is 0. The van der Waals surface area contributed by atoms with E-state index in [2.05, 4.69) is 30.2 Å². The molecule has 1 fully saturated rings. The Morgan fingerprint density at radius 1 is 1.15 bits per heavy atom. The number of carbonyl (C=O) groups is 1. The van der Waals surface area contributed by atoms with Gasteiger partial charge in [0.1, 0.15) is 18.8 Å². The third-order valence-corrected chi connectivity index (χ3v) is 5.99. The lowest BCUT2D eigenvalue weighted by molar-refractivity contribution is -0.149. The average molecular weight is 565 g/mol. The van der Waals surface area contributed by atoms with Crippen molar-refractivity contribution < 1.29 is 32.9 Å². The number of imidazole rings is 1. The zero-order valence-electron chi connectivity index (χ0n) is 19.7. The molecule has 4 aromatic heterocycles. The van der Waals surface area contributed by atoms with Gasteiger partial charge >= 0.3 is 6.18 Å². The van der Waals surface area contributed by atoms with Crippen LogP contribution in [0.25, 0.3) is 22.6 Å². The molecule has 16 heteroatoms. The standard InChI is InChI=1S/C23H20ClF3N8O4/c24-12-5-11(6-28-7-12)18-33-19(30-8-13-3-1-2-4-29-13)14-20(34-18)35(10-32-14)22-16(37)15(36)17(39-22)21(38)31-9-23(25,26)27/h1-7,10,15-17,22,36-37H,8-9H2,(H,31,38)(H,30,33,34)/t15-,16+,17-,22+/m0/s1. The molecule has 204 valence electrons. The first kappa shape index (κ1) is 26.7. The van der Waals surface area contributed by atoms with E-state index in [9.17, 15) is 28.2 Å². The molecule has 1 aliphatic rings. The Morgan fingerprint density at radius 2 is 1.97 bits per heavy atom. The minimum absolute atomic E-state index is 0.135. The molecule has 5 heterocycles. The van der Waals surface area contributed by atoms with Gasteiger partial charge in [0.25, 0.3) is 5.91 Å². The van der Waals surface area contributed by atoms with E-state index in [1.54, 1.807) is 29.7 Å². The number of nitrogens with one attached hydrogen (secondary N) is 2. The van der Waals surface area contributed by atoms with Gasteiger partial charge in [0.2, 0.25) is 0 Å². The summed E-state index contributed by atoms with van der Waals surface area (Å²) in [5, 5.41) is 26.2. The number of hydrogen-bond acceptors (Lipinski definition) is 10. The van der Waals surface area contributed by atoms with Gasteiger partial charge in [0, 0.05) is 24.2 Å². The van der Waals surface area contributed by atoms with Crippen LogP contribution in [0.4, 0.5) is 19.0 Å². The lowest BCUT2D eigenvalue weighted by atomic mass is 10.1. The number of aliphatic hydroxyl groups is 2. The highest BCUT2D eigenvalue weighted by Crippen LogP contribution is 2.34. The van der Waals surface area contributed by atoms with Gasteiger partial charge in [-0.3, -0.25) is 19.3 Å². The summed E-state index contributed by atoms with van der Waals surface area (Å²) in [4.78, 5) is 34.0. The van der Waals surface area contributed by atoms with Crippen molar-refractivity contribution in [2.75, 3.05) is 11.9 Å². The maximum atomic E-state index is 12.5. The third-order valence-electron chi connectivity index (χ3n) is 5.78. The fraction of sp³-hybridized carbons (Fsp3) is 0.304. The van der Waals surface area contributed by atoms with Crippen LogP contribution in [-0.2, 0) is 16.1 Å². The molecule has 0 aliphatic carbocycles. The van der Waals surface area contributed by atoms with Gasteiger partial charge in [0.05, 0.1) is 23.6 Å². The second-order valence-corrected chi connectivity index (χ2v) is 8.98. The average Bonchev–Trinajstić information content (AvgIpc) is 3.46. The van der Waals surface area contributed by atoms with Crippen LogP contribution in [0.5, 0.6) is 0 Å². The molecule has 39 heavy (non-hydrogen) atoms. The van der Waals surface area contributed by atoms with Crippen LogP contribution < -0.4 is 10.6 Å². The molecule has 0 spiro atoms. The molecule has 0 saturated carbocycles. The van der Waals surface area contributed by atoms with Crippen molar-refractivity contribution in [3.8, 4) is 11.4 Å². The van der Waals surface area contributed by atoms with E-state index in [-0.39, 0.29) is 29.4 Å². The molecule has 1 amide bonds. The predicted molar refractivity (Wildman–Crippen MR) is 130 cm³/mol. The first-order valence-electron chi connectivity index (χ1n) is 11.5. The monoisotopic (exact) mass is 564 g/mol. The molecule has 5 rings (SSSR count). The summed E-state index contributed by atoms with van der Waals surface area (Å²) in [5.74, 6) is -0.772. The number of aromatic nitrogens is 6. The fourth-order valence-corrected chi connectivity index (χ4v) is 4.13. The number of fused-ring (bicyclic) bond motifs is 1. The Labute approximate surface area is 222 Å². The highest BCUT2D eigenvalue weighted by atomic mass is 35.5. The van der Waals surface area contributed by atoms with E-state index < -0.39 is 43.2 Å². The van der Waals surface area contributed by atoms with Crippen molar-refractivity contribution in [1.29, 1.82) is 0 Å². The zero-order valence-corrected chi connectivity index (χ0v) is 20.5. The smallest absolute Gasteiger partial charge is 0.387 e. The summed E-state index contributed by atoms with van der Waals surface area (Å²) >= 11 is 6.09. The van der Waals surface area contributed by atoms with Crippen molar-refractivity contribution in [2.45, 2.75) is 37.3 Å². The minimum Gasteiger partial charge on any atom is -0.387 e. The Bertz CT molecular complexity index is 1490. The highest BCUT2D eigenvalue weighted by molar-refractivity contribution is 6.30. The molecule has 1 saturated heterocycles. The Hall–Kier alpha value is -3.92. The van der Waals surface area contributed by atoms with Gasteiger partial charge in [0.15, 0.2) is 35.1 Å². The van der Waals surface area contributed by atoms with E-state index in [1.165, 1.54) is 23.3 Å². The van der Waals surface area contributed by atoms with E-state index in [4.69, 9.17) is 16.3 Å². The number of nitrogens with zero attached hydrogens (tertiary/aromatic N) is 6. The van der Waals surface area contributed by atoms with E-state index in [1.807, 2.05) is 6.07 Å². The molecule has 0 bridgehead atoms. The lowest BCUT2D eigenvalue weighted by Crippen LogP contribution is -2.45. The summed E-state index contributed by atoms with van der Waals surface area (Å²) in [6, 6.07) is 6.99. The Kier molecular flexibility index (Phi) is 7.31. The normalized spacial score (nSPS) is 21.3. The number of anilines is 1. The molecule has 0 radical (unpaired) electrons. The van der Waals surface area contributed by atoms with Gasteiger partial charge in [-0.25, -0.2) is 15.0 Å². The lowest BCUT2D eigenvalue weighted by Gasteiger charge is -2.17. The second-order valence-electron chi connectivity index (χ2n) is 8.55. The third kappa shape index (κ3) is 5.75. The van der Waals surface area contributed by atoms with Crippen molar-refractivity contribution >= 4 is 34.5 Å². The number of carbonyl (C=O) groups excluding carboxylic acids is 1. The number of alkyl halides is 3. The van der Waals surface area contributed by atoms with Crippen LogP contribution in [-0.4, -0.2) is 76.6 Å². The largest absolute Gasteiger partial charge is 0.405 e. The first-order valence-corrected chi connectivity index (χ1v) is 11.8. The maximum Gasteiger partial charge on any atom is 0.405 e. The number of hydrogen-bond donors (Lipinski definition) is 4. The minimum atomic E-state index is -4.67. The highest BCUT2D eigenvalue weighted by Gasteiger charge is 2.48. The summed E-state index contributed by atoms with van der Waals surface area (Å²) in [5.41, 5.74) is 1.55. The predicted octanol–water partition coefficient (Wildman–Crippen LogP) is 1.85. The molecular weight excluding hydrogens is 545 g/mol. The van der Waals surface area contributed by atoms with Crippen LogP contribution in [0.1, 0.15) is 11.9 Å². The van der Waals surface area contributed by atoms with Crippen molar-refractivity contribution in [2.24, 2.45) is 0 Å². The second kappa shape index (κ2) is 10.7. The molecule has 0 aromatic carbocycles. The molecule has 12 nitrogen and oxygen atoms in total. The Balaban J connectivity index is 1.51. The van der Waals surface area contributed by atoms with Crippen LogP contribution in [0, 0.1) is 0 Å². The van der Waals surface area contributed by atoms with Gasteiger partial charge in [-0.05, 0) is 18.2 Å². The van der Waals surface area contributed by atoms with Crippen molar-refractivity contribution in [1.82, 2.24) is 34.8 Å². The van der Waals surface area contributed by atoms with E-state index in [0.29, 0.717) is 16.3 Å². The van der Waals surface area contributed by atoms with Crippen molar-refractivity contribution in [3.05, 3.63) is 59.9 Å². The number of pyridine rings is 2. The Morgan fingerprint density at radius 3 is 2.69 bits per heavy atom. The van der Waals surface area contributed by atoms with Crippen LogP contribution in [0.3, 0.4) is 0 Å². The van der Waals surface area contributed by atoms with Crippen molar-refractivity contribution in [3.63, 3.8) is 0 Å². The molecule has 4 atom stereocenters. The molecule has 4 aromatic rings. The van der Waals surface area contributed by atoms with E-state index >= 15 is 0 Å². The topological polar surface area (TPSA) is 160 Å². The number of aliphatic hydroxyl groups excluding tert-OH is 2. The quantitative estimate of drug-likeness (QED) is 0.261. The van der Waals surface area contributed by atoms with Crippen LogP contribution in [0.15, 0.2) is 49.2 Å². The first-order chi connectivity index (χ1) is 18.6.